The molecule has 0 saturated heterocycles. The highest BCUT2D eigenvalue weighted by Crippen LogP contribution is 1.97. The molecule has 0 rings (SSSR count). The van der Waals surface area contributed by atoms with Crippen LogP contribution in [0.5, 0.6) is 0 Å². The largest absolute Gasteiger partial charge is 1.00 e. The average molecular weight is 179 g/mol. The van der Waals surface area contributed by atoms with Crippen LogP contribution in [0.1, 0.15) is 6.42 Å². The van der Waals surface area contributed by atoms with E-state index in [0.29, 0.717) is 11.0 Å². The van der Waals surface area contributed by atoms with Gasteiger partial charge in [-0.15, -0.1) is 0 Å². The predicted octanol–water partition coefficient (Wildman–Crippen LogP) is -3.03. The van der Waals surface area contributed by atoms with Gasteiger partial charge in [0.25, 0.3) is 0 Å². The second kappa shape index (κ2) is 5.36. The summed E-state index contributed by atoms with van der Waals surface area (Å²) in [5.74, 6) is 0. The summed E-state index contributed by atoms with van der Waals surface area (Å²) in [5.41, 5.74) is 0. The summed E-state index contributed by atoms with van der Waals surface area (Å²) in [4.78, 5) is 0. The Morgan fingerprint density at radius 3 is 2.18 bits per heavy atom. The highest BCUT2D eigenvalue weighted by atomic mass is 35.5. The molecule has 0 amide bonds. The van der Waals surface area contributed by atoms with E-state index in [0.717, 1.165) is 0 Å². The van der Waals surface area contributed by atoms with Crippen LogP contribution in [-0.4, -0.2) is 43.4 Å². The third-order valence-electron chi connectivity index (χ3n) is 1.09. The van der Waals surface area contributed by atoms with Crippen LogP contribution in [0.25, 0.3) is 0 Å². The molecule has 0 radical (unpaired) electrons. The smallest absolute Gasteiger partial charge is 0.116 e. The fourth-order valence-corrected chi connectivity index (χ4v) is 0.802. The number of halogens is 1. The molecule has 1 atom stereocenters. The maximum absolute atomic E-state index is 9.15. The van der Waals surface area contributed by atoms with Crippen molar-refractivity contribution in [2.45, 2.75) is 12.5 Å². The van der Waals surface area contributed by atoms with Crippen LogP contribution in [-0.2, 0) is 0 Å². The fourth-order valence-electron chi connectivity index (χ4n) is 0.802. The van der Waals surface area contributed by atoms with Gasteiger partial charge in [-0.1, -0.05) is 0 Å². The number of aliphatic hydroxyl groups is 1. The first-order valence-corrected chi connectivity index (χ1v) is 3.31. The number of likely N-dealkylation sites (N-methyl/N-ethyl adjacent to an activating group) is 1. The van der Waals surface area contributed by atoms with E-state index in [1.807, 2.05) is 27.2 Å². The van der Waals surface area contributed by atoms with Gasteiger partial charge in [-0.05, 0) is 0 Å². The van der Waals surface area contributed by atoms with Gasteiger partial charge in [-0.2, -0.15) is 5.26 Å². The molecule has 0 spiro atoms. The van der Waals surface area contributed by atoms with Crippen LogP contribution in [0.2, 0.25) is 0 Å². The molecule has 1 N–H and O–H groups in total. The van der Waals surface area contributed by atoms with Gasteiger partial charge in [0.05, 0.1) is 33.6 Å². The number of nitrogens with zero attached hydrogens (tertiary/aromatic N) is 2. The molecule has 4 heteroatoms. The van der Waals surface area contributed by atoms with E-state index in [9.17, 15) is 0 Å². The average Bonchev–Trinajstić information content (AvgIpc) is 1.59. The van der Waals surface area contributed by atoms with Crippen molar-refractivity contribution in [2.75, 3.05) is 27.7 Å². The van der Waals surface area contributed by atoms with E-state index in [2.05, 4.69) is 0 Å². The highest BCUT2D eigenvalue weighted by Gasteiger charge is 2.14. The van der Waals surface area contributed by atoms with Crippen LogP contribution in [0.4, 0.5) is 0 Å². The van der Waals surface area contributed by atoms with E-state index in [1.165, 1.54) is 0 Å². The Labute approximate surface area is 74.2 Å². The van der Waals surface area contributed by atoms with E-state index >= 15 is 0 Å². The molecule has 66 valence electrons. The monoisotopic (exact) mass is 178 g/mol. The topological polar surface area (TPSA) is 44.0 Å². The fraction of sp³-hybridized carbons (Fsp3) is 0.857. The van der Waals surface area contributed by atoms with Crippen LogP contribution < -0.4 is 12.4 Å². The van der Waals surface area contributed by atoms with Gasteiger partial charge in [-0.25, -0.2) is 0 Å². The minimum absolute atomic E-state index is 0. The predicted molar refractivity (Wildman–Crippen MR) is 39.1 cm³/mol. The standard InChI is InChI=1S/C7H15N2O.ClH/c1-9(2,3)6-7(10)4-5-8;/h7,10H,4,6H2,1-3H3;1H/q+1;/p-1/t7-;/m1./s1. The van der Waals surface area contributed by atoms with E-state index < -0.39 is 6.10 Å². The van der Waals surface area contributed by atoms with Crippen LogP contribution >= 0.6 is 0 Å². The first kappa shape index (κ1) is 13.3. The van der Waals surface area contributed by atoms with Gasteiger partial charge >= 0.3 is 0 Å². The van der Waals surface area contributed by atoms with E-state index in [4.69, 9.17) is 10.4 Å². The molecule has 3 nitrogen and oxygen atoms in total. The number of rotatable bonds is 3. The zero-order valence-electron chi connectivity index (χ0n) is 7.21. The molecule has 0 aromatic carbocycles. The number of hydrogen-bond donors (Lipinski definition) is 1. The van der Waals surface area contributed by atoms with Gasteiger partial charge in [0.1, 0.15) is 12.6 Å². The minimum atomic E-state index is -0.481. The number of hydrogen-bond acceptors (Lipinski definition) is 2. The Kier molecular flexibility index (Phi) is 6.49. The van der Waals surface area contributed by atoms with Crippen molar-refractivity contribution in [3.05, 3.63) is 0 Å². The van der Waals surface area contributed by atoms with Crippen molar-refractivity contribution >= 4 is 0 Å². The molecule has 0 aromatic heterocycles. The first-order chi connectivity index (χ1) is 4.45. The Morgan fingerprint density at radius 1 is 1.45 bits per heavy atom. The van der Waals surface area contributed by atoms with E-state index in [1.54, 1.807) is 0 Å². The van der Waals surface area contributed by atoms with Crippen LogP contribution in [0.15, 0.2) is 0 Å². The van der Waals surface area contributed by atoms with Crippen molar-refractivity contribution in [1.82, 2.24) is 0 Å². The normalized spacial score (nSPS) is 13.0. The lowest BCUT2D eigenvalue weighted by atomic mass is 10.2. The summed E-state index contributed by atoms with van der Waals surface area (Å²) in [7, 11) is 5.96. The molecule has 0 bridgehead atoms. The van der Waals surface area contributed by atoms with Crippen LogP contribution in [0.3, 0.4) is 0 Å². The summed E-state index contributed by atoms with van der Waals surface area (Å²) < 4.78 is 0.697. The summed E-state index contributed by atoms with van der Waals surface area (Å²) in [6, 6.07) is 1.93. The third-order valence-corrected chi connectivity index (χ3v) is 1.09. The lowest BCUT2D eigenvalue weighted by Crippen LogP contribution is -3.00. The van der Waals surface area contributed by atoms with Gasteiger partial charge in [0.15, 0.2) is 0 Å². The Balaban J connectivity index is 0. The quantitative estimate of drug-likeness (QED) is 0.468. The molecular formula is C7H15ClN2O. The summed E-state index contributed by atoms with van der Waals surface area (Å²) >= 11 is 0. The summed E-state index contributed by atoms with van der Waals surface area (Å²) in [6.45, 7) is 0.633. The molecule has 0 saturated carbocycles. The third kappa shape index (κ3) is 9.70. The second-order valence-corrected chi connectivity index (χ2v) is 3.49. The zero-order chi connectivity index (χ0) is 8.20. The lowest BCUT2D eigenvalue weighted by molar-refractivity contribution is -0.873. The van der Waals surface area contributed by atoms with Crippen molar-refractivity contribution in [2.24, 2.45) is 0 Å². The Morgan fingerprint density at radius 2 is 1.91 bits per heavy atom. The second-order valence-electron chi connectivity index (χ2n) is 3.49. The van der Waals surface area contributed by atoms with Crippen molar-refractivity contribution in [1.29, 1.82) is 5.26 Å². The Bertz CT molecular complexity index is 136. The van der Waals surface area contributed by atoms with Crippen molar-refractivity contribution < 1.29 is 22.0 Å². The van der Waals surface area contributed by atoms with Crippen LogP contribution in [0, 0.1) is 11.3 Å². The maximum Gasteiger partial charge on any atom is 0.116 e. The molecule has 0 heterocycles. The molecular weight excluding hydrogens is 164 g/mol. The lowest BCUT2D eigenvalue weighted by Gasteiger charge is -2.25. The van der Waals surface area contributed by atoms with Crippen molar-refractivity contribution in [3.63, 3.8) is 0 Å². The molecule has 0 fully saturated rings. The van der Waals surface area contributed by atoms with E-state index in [-0.39, 0.29) is 18.8 Å². The molecule has 0 aliphatic carbocycles. The zero-order valence-corrected chi connectivity index (χ0v) is 7.97. The molecule has 11 heavy (non-hydrogen) atoms. The Hall–Kier alpha value is -0.300. The van der Waals surface area contributed by atoms with Gasteiger partial charge in [-0.3, -0.25) is 0 Å². The van der Waals surface area contributed by atoms with Gasteiger partial charge in [0, 0.05) is 0 Å². The number of quaternary nitrogens is 1. The number of aliphatic hydroxyl groups excluding tert-OH is 1. The minimum Gasteiger partial charge on any atom is -1.00 e. The molecule has 0 unspecified atom stereocenters. The highest BCUT2D eigenvalue weighted by molar-refractivity contribution is 4.74. The van der Waals surface area contributed by atoms with Gasteiger partial charge < -0.3 is 22.0 Å². The number of nitriles is 1. The molecule has 0 aliphatic rings. The summed E-state index contributed by atoms with van der Waals surface area (Å²) in [6.07, 6.45) is -0.250. The first-order valence-electron chi connectivity index (χ1n) is 3.31. The SMILES string of the molecule is C[N+](C)(C)C[C@H](O)CC#N.[Cl-]. The van der Waals surface area contributed by atoms with Gasteiger partial charge in [0.2, 0.25) is 0 Å². The van der Waals surface area contributed by atoms with Crippen molar-refractivity contribution in [3.8, 4) is 6.07 Å². The molecule has 0 aromatic rings. The molecule has 0 aliphatic heterocycles. The summed E-state index contributed by atoms with van der Waals surface area (Å²) in [5, 5.41) is 17.4. The maximum atomic E-state index is 9.15.